The molecule has 0 aliphatic carbocycles. The van der Waals surface area contributed by atoms with Crippen LogP contribution in [-0.4, -0.2) is 57.1 Å². The normalized spacial score (nSPS) is 13.8. The van der Waals surface area contributed by atoms with Gasteiger partial charge in [0.1, 0.15) is 0 Å². The molecule has 1 aliphatic rings. The highest BCUT2D eigenvalue weighted by molar-refractivity contribution is 6.04. The van der Waals surface area contributed by atoms with Crippen molar-refractivity contribution in [3.63, 3.8) is 0 Å². The quantitative estimate of drug-likeness (QED) is 0.859. The Morgan fingerprint density at radius 3 is 2.11 bits per heavy atom. The fourth-order valence-electron chi connectivity index (χ4n) is 3.22. The lowest BCUT2D eigenvalue weighted by molar-refractivity contribution is -0.129. The Morgan fingerprint density at radius 1 is 0.893 bits per heavy atom. The fourth-order valence-corrected chi connectivity index (χ4v) is 3.22. The first-order valence-electron chi connectivity index (χ1n) is 9.15. The number of anilines is 2. The molecule has 7 nitrogen and oxygen atoms in total. The smallest absolute Gasteiger partial charge is 0.255 e. The van der Waals surface area contributed by atoms with Gasteiger partial charge < -0.3 is 24.6 Å². The molecule has 1 saturated heterocycles. The lowest BCUT2D eigenvalue weighted by Crippen LogP contribution is -2.48. The van der Waals surface area contributed by atoms with Gasteiger partial charge in [0, 0.05) is 50.0 Å². The van der Waals surface area contributed by atoms with Gasteiger partial charge in [0.25, 0.3) is 5.91 Å². The Balaban J connectivity index is 1.63. The Bertz CT molecular complexity index is 843. The molecule has 1 heterocycles. The zero-order chi connectivity index (χ0) is 20.1. The van der Waals surface area contributed by atoms with Gasteiger partial charge in [-0.3, -0.25) is 9.59 Å². The van der Waals surface area contributed by atoms with E-state index in [4.69, 9.17) is 9.47 Å². The van der Waals surface area contributed by atoms with Crippen molar-refractivity contribution in [2.45, 2.75) is 6.92 Å². The Hall–Kier alpha value is -3.22. The molecular formula is C21H25N3O4. The van der Waals surface area contributed by atoms with Crippen molar-refractivity contribution in [2.75, 3.05) is 50.6 Å². The summed E-state index contributed by atoms with van der Waals surface area (Å²) in [5, 5.41) is 2.89. The second-order valence-electron chi connectivity index (χ2n) is 6.56. The first kappa shape index (κ1) is 19.5. The molecule has 0 bridgehead atoms. The number of amides is 2. The molecule has 0 aromatic heterocycles. The maximum absolute atomic E-state index is 12.5. The number of hydrogen-bond acceptors (Lipinski definition) is 5. The molecule has 7 heteroatoms. The van der Waals surface area contributed by atoms with Crippen molar-refractivity contribution in [3.8, 4) is 11.5 Å². The minimum absolute atomic E-state index is 0.118. The zero-order valence-corrected chi connectivity index (χ0v) is 16.4. The third-order valence-corrected chi connectivity index (χ3v) is 4.86. The minimum atomic E-state index is -0.219. The molecule has 148 valence electrons. The maximum Gasteiger partial charge on any atom is 0.255 e. The van der Waals surface area contributed by atoms with Crippen LogP contribution in [0.5, 0.6) is 11.5 Å². The van der Waals surface area contributed by atoms with E-state index in [0.717, 1.165) is 31.9 Å². The predicted octanol–water partition coefficient (Wildman–Crippen LogP) is 2.62. The highest BCUT2D eigenvalue weighted by atomic mass is 16.5. The fraction of sp³-hybridized carbons (Fsp3) is 0.333. The molecule has 0 saturated carbocycles. The lowest BCUT2D eigenvalue weighted by atomic mass is 10.1. The van der Waals surface area contributed by atoms with E-state index in [-0.39, 0.29) is 11.8 Å². The average molecular weight is 383 g/mol. The highest BCUT2D eigenvalue weighted by Gasteiger charge is 2.18. The molecule has 0 atom stereocenters. The number of piperazine rings is 1. The van der Waals surface area contributed by atoms with E-state index in [0.29, 0.717) is 22.7 Å². The number of benzene rings is 2. The number of rotatable bonds is 5. The summed E-state index contributed by atoms with van der Waals surface area (Å²) in [7, 11) is 3.09. The molecule has 1 fully saturated rings. The molecule has 2 amide bonds. The predicted molar refractivity (Wildman–Crippen MR) is 108 cm³/mol. The van der Waals surface area contributed by atoms with E-state index in [1.165, 1.54) is 7.11 Å². The minimum Gasteiger partial charge on any atom is -0.493 e. The third-order valence-electron chi connectivity index (χ3n) is 4.86. The van der Waals surface area contributed by atoms with Crippen LogP contribution in [0.4, 0.5) is 11.4 Å². The third kappa shape index (κ3) is 4.36. The average Bonchev–Trinajstić information content (AvgIpc) is 2.73. The zero-order valence-electron chi connectivity index (χ0n) is 16.4. The van der Waals surface area contributed by atoms with E-state index >= 15 is 0 Å². The topological polar surface area (TPSA) is 71.1 Å². The van der Waals surface area contributed by atoms with Crippen molar-refractivity contribution in [3.05, 3.63) is 48.0 Å². The van der Waals surface area contributed by atoms with Crippen LogP contribution in [0.1, 0.15) is 17.3 Å². The highest BCUT2D eigenvalue weighted by Crippen LogP contribution is 2.28. The van der Waals surface area contributed by atoms with Gasteiger partial charge in [-0.05, 0) is 42.5 Å². The largest absolute Gasteiger partial charge is 0.493 e. The SMILES string of the molecule is COc1ccc(C(=O)Nc2ccc(N3CCN(C(C)=O)CC3)cc2)cc1OC. The molecule has 0 radical (unpaired) electrons. The van der Waals surface area contributed by atoms with Gasteiger partial charge in [-0.1, -0.05) is 0 Å². The van der Waals surface area contributed by atoms with Crippen LogP contribution < -0.4 is 19.7 Å². The number of hydrogen-bond donors (Lipinski definition) is 1. The molecule has 3 rings (SSSR count). The molecule has 28 heavy (non-hydrogen) atoms. The van der Waals surface area contributed by atoms with Crippen LogP contribution in [0.3, 0.4) is 0 Å². The van der Waals surface area contributed by atoms with Crippen molar-refractivity contribution in [1.29, 1.82) is 0 Å². The summed E-state index contributed by atoms with van der Waals surface area (Å²) in [4.78, 5) is 28.0. The molecular weight excluding hydrogens is 358 g/mol. The molecule has 0 spiro atoms. The summed E-state index contributed by atoms with van der Waals surface area (Å²) in [5.74, 6) is 0.986. The van der Waals surface area contributed by atoms with Crippen LogP contribution in [0.15, 0.2) is 42.5 Å². The Labute approximate surface area is 164 Å². The number of nitrogens with one attached hydrogen (secondary N) is 1. The van der Waals surface area contributed by atoms with Crippen molar-refractivity contribution >= 4 is 23.2 Å². The number of ether oxygens (including phenoxy) is 2. The number of methoxy groups -OCH3 is 2. The summed E-state index contributed by atoms with van der Waals surface area (Å²) < 4.78 is 10.4. The van der Waals surface area contributed by atoms with Crippen LogP contribution in [0.2, 0.25) is 0 Å². The second kappa shape index (κ2) is 8.65. The van der Waals surface area contributed by atoms with E-state index in [2.05, 4.69) is 10.2 Å². The lowest BCUT2D eigenvalue weighted by Gasteiger charge is -2.35. The van der Waals surface area contributed by atoms with E-state index in [1.54, 1.807) is 32.2 Å². The van der Waals surface area contributed by atoms with E-state index < -0.39 is 0 Å². The Kier molecular flexibility index (Phi) is 6.03. The van der Waals surface area contributed by atoms with Crippen LogP contribution >= 0.6 is 0 Å². The van der Waals surface area contributed by atoms with Crippen molar-refractivity contribution < 1.29 is 19.1 Å². The van der Waals surface area contributed by atoms with Crippen LogP contribution in [0, 0.1) is 0 Å². The Morgan fingerprint density at radius 2 is 1.54 bits per heavy atom. The van der Waals surface area contributed by atoms with Crippen LogP contribution in [-0.2, 0) is 4.79 Å². The maximum atomic E-state index is 12.5. The molecule has 0 unspecified atom stereocenters. The summed E-state index contributed by atoms with van der Waals surface area (Å²) in [6, 6.07) is 12.8. The van der Waals surface area contributed by atoms with Crippen molar-refractivity contribution in [2.24, 2.45) is 0 Å². The summed E-state index contributed by atoms with van der Waals surface area (Å²) in [6.07, 6.45) is 0. The second-order valence-corrected chi connectivity index (χ2v) is 6.56. The molecule has 1 N–H and O–H groups in total. The van der Waals surface area contributed by atoms with Gasteiger partial charge in [0.05, 0.1) is 14.2 Å². The first-order chi connectivity index (χ1) is 13.5. The van der Waals surface area contributed by atoms with E-state index in [9.17, 15) is 9.59 Å². The summed E-state index contributed by atoms with van der Waals surface area (Å²) >= 11 is 0. The number of carbonyl (C=O) groups is 2. The molecule has 2 aromatic carbocycles. The van der Waals surface area contributed by atoms with E-state index in [1.807, 2.05) is 29.2 Å². The van der Waals surface area contributed by atoms with Crippen molar-refractivity contribution in [1.82, 2.24) is 4.90 Å². The number of carbonyl (C=O) groups excluding carboxylic acids is 2. The van der Waals surface area contributed by atoms with Gasteiger partial charge in [-0.2, -0.15) is 0 Å². The van der Waals surface area contributed by atoms with Gasteiger partial charge in [-0.15, -0.1) is 0 Å². The van der Waals surface area contributed by atoms with Gasteiger partial charge in [0.15, 0.2) is 11.5 Å². The number of nitrogens with zero attached hydrogens (tertiary/aromatic N) is 2. The molecule has 1 aliphatic heterocycles. The van der Waals surface area contributed by atoms with Gasteiger partial charge in [0.2, 0.25) is 5.91 Å². The monoisotopic (exact) mass is 383 g/mol. The standard InChI is InChI=1S/C21H25N3O4/c1-15(25)23-10-12-24(13-11-23)18-7-5-17(6-8-18)22-21(26)16-4-9-19(27-2)20(14-16)28-3/h4-9,14H,10-13H2,1-3H3,(H,22,26). The molecule has 2 aromatic rings. The summed E-state index contributed by atoms with van der Waals surface area (Å²) in [6.45, 7) is 4.67. The first-order valence-corrected chi connectivity index (χ1v) is 9.15. The van der Waals surface area contributed by atoms with Gasteiger partial charge in [-0.25, -0.2) is 0 Å². The summed E-state index contributed by atoms with van der Waals surface area (Å²) in [5.41, 5.74) is 2.28. The van der Waals surface area contributed by atoms with Gasteiger partial charge >= 0.3 is 0 Å². The van der Waals surface area contributed by atoms with Crippen LogP contribution in [0.25, 0.3) is 0 Å².